The van der Waals surface area contributed by atoms with Crippen LogP contribution in [0, 0.1) is 0 Å². The standard InChI is InChI=1S/C16H13BrO5/c17-12-2-4-13(5-3-12)19-9-16(18)20-8-11-1-6-14-15(7-11)22-10-21-14/h1-7H,8-10H2. The number of rotatable bonds is 5. The van der Waals surface area contributed by atoms with Crippen LogP contribution < -0.4 is 14.2 Å². The number of ether oxygens (including phenoxy) is 4. The van der Waals surface area contributed by atoms with Crippen LogP contribution in [0.4, 0.5) is 0 Å². The third-order valence-corrected chi connectivity index (χ3v) is 3.54. The van der Waals surface area contributed by atoms with E-state index in [0.717, 1.165) is 10.0 Å². The van der Waals surface area contributed by atoms with Gasteiger partial charge in [0.15, 0.2) is 18.1 Å². The largest absolute Gasteiger partial charge is 0.482 e. The molecule has 0 aromatic heterocycles. The van der Waals surface area contributed by atoms with E-state index in [1.54, 1.807) is 24.3 Å². The zero-order valence-electron chi connectivity index (χ0n) is 11.6. The minimum atomic E-state index is -0.430. The van der Waals surface area contributed by atoms with E-state index < -0.39 is 5.97 Å². The van der Waals surface area contributed by atoms with Crippen molar-refractivity contribution in [3.05, 3.63) is 52.5 Å². The summed E-state index contributed by atoms with van der Waals surface area (Å²) < 4.78 is 21.9. The van der Waals surface area contributed by atoms with E-state index in [0.29, 0.717) is 17.2 Å². The Morgan fingerprint density at radius 3 is 2.68 bits per heavy atom. The molecule has 0 aliphatic carbocycles. The first-order valence-electron chi connectivity index (χ1n) is 6.63. The maximum Gasteiger partial charge on any atom is 0.344 e. The molecule has 0 bridgehead atoms. The highest BCUT2D eigenvalue weighted by Crippen LogP contribution is 2.32. The Morgan fingerprint density at radius 2 is 1.86 bits per heavy atom. The summed E-state index contributed by atoms with van der Waals surface area (Å²) in [7, 11) is 0. The van der Waals surface area contributed by atoms with E-state index in [1.165, 1.54) is 0 Å². The van der Waals surface area contributed by atoms with E-state index in [1.807, 2.05) is 18.2 Å². The zero-order chi connectivity index (χ0) is 15.4. The normalized spacial score (nSPS) is 12.0. The quantitative estimate of drug-likeness (QED) is 0.761. The minimum absolute atomic E-state index is 0.133. The number of hydrogen-bond acceptors (Lipinski definition) is 5. The van der Waals surface area contributed by atoms with Crippen molar-refractivity contribution in [3.8, 4) is 17.2 Å². The van der Waals surface area contributed by atoms with E-state index in [4.69, 9.17) is 18.9 Å². The summed E-state index contributed by atoms with van der Waals surface area (Å²) in [6.45, 7) is 0.255. The van der Waals surface area contributed by atoms with Gasteiger partial charge in [0.1, 0.15) is 12.4 Å². The maximum absolute atomic E-state index is 11.7. The van der Waals surface area contributed by atoms with Gasteiger partial charge in [-0.2, -0.15) is 0 Å². The van der Waals surface area contributed by atoms with Gasteiger partial charge in [0.2, 0.25) is 6.79 Å². The molecule has 1 aliphatic rings. The third-order valence-electron chi connectivity index (χ3n) is 3.01. The SMILES string of the molecule is O=C(COc1ccc(Br)cc1)OCc1ccc2c(c1)OCO2. The van der Waals surface area contributed by atoms with Crippen molar-refractivity contribution in [2.75, 3.05) is 13.4 Å². The van der Waals surface area contributed by atoms with Gasteiger partial charge in [-0.1, -0.05) is 22.0 Å². The lowest BCUT2D eigenvalue weighted by molar-refractivity contribution is -0.147. The van der Waals surface area contributed by atoms with Crippen molar-refractivity contribution in [1.82, 2.24) is 0 Å². The van der Waals surface area contributed by atoms with Gasteiger partial charge in [-0.25, -0.2) is 4.79 Å². The van der Waals surface area contributed by atoms with Gasteiger partial charge in [0.25, 0.3) is 0 Å². The van der Waals surface area contributed by atoms with Gasteiger partial charge in [0, 0.05) is 4.47 Å². The number of hydrogen-bond donors (Lipinski definition) is 0. The van der Waals surface area contributed by atoms with Crippen molar-refractivity contribution < 1.29 is 23.7 Å². The van der Waals surface area contributed by atoms with Crippen molar-refractivity contribution in [3.63, 3.8) is 0 Å². The number of halogens is 1. The Balaban J connectivity index is 1.47. The average Bonchev–Trinajstić information content (AvgIpc) is 3.00. The molecule has 0 fully saturated rings. The van der Waals surface area contributed by atoms with E-state index in [9.17, 15) is 4.79 Å². The van der Waals surface area contributed by atoms with Gasteiger partial charge in [-0.15, -0.1) is 0 Å². The highest BCUT2D eigenvalue weighted by molar-refractivity contribution is 9.10. The summed E-state index contributed by atoms with van der Waals surface area (Å²) in [5, 5.41) is 0. The highest BCUT2D eigenvalue weighted by atomic mass is 79.9. The molecule has 1 heterocycles. The lowest BCUT2D eigenvalue weighted by atomic mass is 10.2. The molecule has 5 nitrogen and oxygen atoms in total. The molecule has 3 rings (SSSR count). The van der Waals surface area contributed by atoms with Crippen LogP contribution in [0.25, 0.3) is 0 Å². The molecular formula is C16H13BrO5. The van der Waals surface area contributed by atoms with Crippen LogP contribution in [0.1, 0.15) is 5.56 Å². The molecule has 0 saturated carbocycles. The maximum atomic E-state index is 11.7. The van der Waals surface area contributed by atoms with Crippen molar-refractivity contribution in [1.29, 1.82) is 0 Å². The molecule has 0 radical (unpaired) electrons. The molecule has 0 amide bonds. The van der Waals surface area contributed by atoms with Crippen LogP contribution in [0.15, 0.2) is 46.9 Å². The monoisotopic (exact) mass is 364 g/mol. The number of esters is 1. The van der Waals surface area contributed by atoms with Crippen molar-refractivity contribution >= 4 is 21.9 Å². The van der Waals surface area contributed by atoms with E-state index in [-0.39, 0.29) is 20.0 Å². The lowest BCUT2D eigenvalue weighted by Crippen LogP contribution is -2.14. The fourth-order valence-electron chi connectivity index (χ4n) is 1.91. The molecule has 1 aliphatic heterocycles. The molecule has 0 spiro atoms. The van der Waals surface area contributed by atoms with Crippen molar-refractivity contribution in [2.45, 2.75) is 6.61 Å². The first-order chi connectivity index (χ1) is 10.7. The highest BCUT2D eigenvalue weighted by Gasteiger charge is 2.14. The van der Waals surface area contributed by atoms with E-state index >= 15 is 0 Å². The molecule has 2 aromatic rings. The minimum Gasteiger partial charge on any atom is -0.482 e. The predicted octanol–water partition coefficient (Wildman–Crippen LogP) is 3.30. The molecule has 6 heteroatoms. The zero-order valence-corrected chi connectivity index (χ0v) is 13.2. The number of fused-ring (bicyclic) bond motifs is 1. The average molecular weight is 365 g/mol. The van der Waals surface area contributed by atoms with Gasteiger partial charge in [-0.3, -0.25) is 0 Å². The first kappa shape index (κ1) is 14.7. The van der Waals surface area contributed by atoms with Crippen LogP contribution in [0.2, 0.25) is 0 Å². The molecular weight excluding hydrogens is 352 g/mol. The Kier molecular flexibility index (Phi) is 4.48. The Hall–Kier alpha value is -2.21. The summed E-state index contributed by atoms with van der Waals surface area (Å²) >= 11 is 3.33. The summed E-state index contributed by atoms with van der Waals surface area (Å²) in [5.41, 5.74) is 0.834. The van der Waals surface area contributed by atoms with Gasteiger partial charge >= 0.3 is 5.97 Å². The van der Waals surface area contributed by atoms with Gasteiger partial charge in [-0.05, 0) is 42.0 Å². The lowest BCUT2D eigenvalue weighted by Gasteiger charge is -2.07. The third kappa shape index (κ3) is 3.71. The van der Waals surface area contributed by atoms with Crippen LogP contribution in [-0.2, 0) is 16.1 Å². The predicted molar refractivity (Wildman–Crippen MR) is 82.0 cm³/mol. The number of carbonyl (C=O) groups excluding carboxylic acids is 1. The summed E-state index contributed by atoms with van der Waals surface area (Å²) in [4.78, 5) is 11.7. The molecule has 22 heavy (non-hydrogen) atoms. The Labute approximate surface area is 135 Å². The summed E-state index contributed by atoms with van der Waals surface area (Å²) in [5.74, 6) is 1.55. The first-order valence-corrected chi connectivity index (χ1v) is 7.42. The molecule has 0 saturated heterocycles. The molecule has 114 valence electrons. The molecule has 2 aromatic carbocycles. The fraction of sp³-hybridized carbons (Fsp3) is 0.188. The smallest absolute Gasteiger partial charge is 0.344 e. The second-order valence-corrected chi connectivity index (χ2v) is 5.51. The number of carbonyl (C=O) groups is 1. The fourth-order valence-corrected chi connectivity index (χ4v) is 2.17. The Bertz CT molecular complexity index is 669. The van der Waals surface area contributed by atoms with Crippen LogP contribution >= 0.6 is 15.9 Å². The van der Waals surface area contributed by atoms with Crippen LogP contribution in [0.3, 0.4) is 0 Å². The Morgan fingerprint density at radius 1 is 1.09 bits per heavy atom. The summed E-state index contributed by atoms with van der Waals surface area (Å²) in [6, 6.07) is 12.6. The second-order valence-electron chi connectivity index (χ2n) is 4.59. The topological polar surface area (TPSA) is 54.0 Å². The van der Waals surface area contributed by atoms with Crippen LogP contribution in [-0.4, -0.2) is 19.4 Å². The van der Waals surface area contributed by atoms with Gasteiger partial charge in [0.05, 0.1) is 0 Å². The molecule has 0 atom stereocenters. The van der Waals surface area contributed by atoms with E-state index in [2.05, 4.69) is 15.9 Å². The number of benzene rings is 2. The molecule has 0 N–H and O–H groups in total. The second kappa shape index (κ2) is 6.70. The summed E-state index contributed by atoms with van der Waals surface area (Å²) in [6.07, 6.45) is 0. The van der Waals surface area contributed by atoms with Gasteiger partial charge < -0.3 is 18.9 Å². The van der Waals surface area contributed by atoms with Crippen molar-refractivity contribution in [2.24, 2.45) is 0 Å². The van der Waals surface area contributed by atoms with Crippen LogP contribution in [0.5, 0.6) is 17.2 Å². The molecule has 0 unspecified atom stereocenters.